The van der Waals surface area contributed by atoms with Gasteiger partial charge in [0.05, 0.1) is 53.9 Å². The van der Waals surface area contributed by atoms with E-state index in [-0.39, 0.29) is 36.2 Å². The zero-order valence-corrected chi connectivity index (χ0v) is 23.2. The maximum atomic E-state index is 13.6. The van der Waals surface area contributed by atoms with E-state index < -0.39 is 29.8 Å². The third kappa shape index (κ3) is 4.06. The number of rotatable bonds is 5. The van der Waals surface area contributed by atoms with Crippen LogP contribution in [-0.2, 0) is 4.79 Å². The van der Waals surface area contributed by atoms with Crippen molar-refractivity contribution in [3.05, 3.63) is 89.3 Å². The van der Waals surface area contributed by atoms with E-state index >= 15 is 0 Å². The first-order chi connectivity index (χ1) is 17.6. The Bertz CT molecular complexity index is 1450. The minimum atomic E-state index is -1.20. The van der Waals surface area contributed by atoms with Crippen molar-refractivity contribution in [3.8, 4) is 5.75 Å². The fourth-order valence-electron chi connectivity index (χ4n) is 4.53. The standard InChI is InChI=1S/C25H14Cl6N2O4/c1-2-37-12-6-3-10(4-7-12)21-22(25(36)32(21)11-5-8-13(26)14(27)9-11)33-23(34)15-16(24(33)35)18(29)20(31)19(30)17(15)28/h3-9,21-22H,2H2,1H3/t21-,22-/m1/s1. The summed E-state index contributed by atoms with van der Waals surface area (Å²) in [5.41, 5.74) is 0.687. The number of hydrogen-bond acceptors (Lipinski definition) is 4. The number of fused-ring (bicyclic) bond motifs is 1. The molecule has 0 spiro atoms. The van der Waals surface area contributed by atoms with Crippen molar-refractivity contribution in [2.45, 2.75) is 19.0 Å². The average Bonchev–Trinajstić information content (AvgIpc) is 3.13. The highest BCUT2D eigenvalue weighted by Gasteiger charge is 2.58. The van der Waals surface area contributed by atoms with E-state index in [1.165, 1.54) is 11.0 Å². The van der Waals surface area contributed by atoms with Crippen LogP contribution in [0.3, 0.4) is 0 Å². The summed E-state index contributed by atoms with van der Waals surface area (Å²) in [6.07, 6.45) is 0. The molecular weight excluding hydrogens is 605 g/mol. The molecule has 0 radical (unpaired) electrons. The van der Waals surface area contributed by atoms with Gasteiger partial charge in [-0.2, -0.15) is 0 Å². The van der Waals surface area contributed by atoms with E-state index in [1.807, 2.05) is 6.92 Å². The number of anilines is 1. The van der Waals surface area contributed by atoms with E-state index in [2.05, 4.69) is 0 Å². The molecule has 2 atom stereocenters. The van der Waals surface area contributed by atoms with Crippen LogP contribution in [0.25, 0.3) is 0 Å². The molecule has 0 N–H and O–H groups in total. The number of ether oxygens (including phenoxy) is 1. The van der Waals surface area contributed by atoms with Crippen molar-refractivity contribution in [2.24, 2.45) is 0 Å². The monoisotopic (exact) mass is 616 g/mol. The lowest BCUT2D eigenvalue weighted by Gasteiger charge is -2.49. The Morgan fingerprint density at radius 1 is 0.703 bits per heavy atom. The van der Waals surface area contributed by atoms with Crippen molar-refractivity contribution in [1.29, 1.82) is 0 Å². The first kappa shape index (κ1) is 26.4. The molecule has 0 bridgehead atoms. The van der Waals surface area contributed by atoms with Gasteiger partial charge in [0, 0.05) is 5.69 Å². The smallest absolute Gasteiger partial charge is 0.264 e. The molecule has 0 aliphatic carbocycles. The van der Waals surface area contributed by atoms with Crippen LogP contribution in [-0.4, -0.2) is 35.3 Å². The molecule has 0 aromatic heterocycles. The predicted octanol–water partition coefficient (Wildman–Crippen LogP) is 7.76. The van der Waals surface area contributed by atoms with Crippen molar-refractivity contribution in [2.75, 3.05) is 11.5 Å². The van der Waals surface area contributed by atoms with Gasteiger partial charge in [-0.05, 0) is 42.8 Å². The Morgan fingerprint density at radius 3 is 1.78 bits per heavy atom. The van der Waals surface area contributed by atoms with Crippen molar-refractivity contribution in [1.82, 2.24) is 4.90 Å². The highest BCUT2D eigenvalue weighted by atomic mass is 35.5. The predicted molar refractivity (Wildman–Crippen MR) is 145 cm³/mol. The van der Waals surface area contributed by atoms with E-state index in [1.54, 1.807) is 36.4 Å². The number of nitrogens with zero attached hydrogens (tertiary/aromatic N) is 2. The Balaban J connectivity index is 1.62. The quantitative estimate of drug-likeness (QED) is 0.127. The van der Waals surface area contributed by atoms with Crippen LogP contribution in [0.2, 0.25) is 30.1 Å². The first-order valence-electron chi connectivity index (χ1n) is 10.8. The molecule has 1 fully saturated rings. The summed E-state index contributed by atoms with van der Waals surface area (Å²) >= 11 is 37.1. The number of β-lactam (4-membered cyclic amide) rings is 1. The summed E-state index contributed by atoms with van der Waals surface area (Å²) in [5, 5.41) is -0.184. The van der Waals surface area contributed by atoms with Gasteiger partial charge in [0.25, 0.3) is 17.7 Å². The zero-order chi connectivity index (χ0) is 26.8. The molecule has 1 saturated heterocycles. The molecule has 37 heavy (non-hydrogen) atoms. The Morgan fingerprint density at radius 2 is 1.27 bits per heavy atom. The normalized spacial score (nSPS) is 18.8. The molecule has 2 heterocycles. The van der Waals surface area contributed by atoms with Gasteiger partial charge in [0.2, 0.25) is 0 Å². The third-order valence-electron chi connectivity index (χ3n) is 6.19. The minimum Gasteiger partial charge on any atom is -0.494 e. The van der Waals surface area contributed by atoms with Crippen molar-refractivity contribution in [3.63, 3.8) is 0 Å². The average molecular weight is 619 g/mol. The SMILES string of the molecule is CCOc1ccc([C@@H]2[C@@H](N3C(=O)c4c(Cl)c(Cl)c(Cl)c(Cl)c4C3=O)C(=O)N2c2ccc(Cl)c(Cl)c2)cc1. The Hall–Kier alpha value is -2.19. The molecule has 190 valence electrons. The Kier molecular flexibility index (Phi) is 7.03. The van der Waals surface area contributed by atoms with Gasteiger partial charge in [0.1, 0.15) is 11.8 Å². The van der Waals surface area contributed by atoms with Crippen LogP contribution in [0.5, 0.6) is 5.75 Å². The second kappa shape index (κ2) is 9.84. The summed E-state index contributed by atoms with van der Waals surface area (Å²) in [4.78, 5) is 42.9. The molecule has 5 rings (SSSR count). The molecule has 2 aliphatic rings. The largest absolute Gasteiger partial charge is 0.494 e. The van der Waals surface area contributed by atoms with E-state index in [0.29, 0.717) is 28.6 Å². The van der Waals surface area contributed by atoms with E-state index in [4.69, 9.17) is 74.3 Å². The first-order valence-corrected chi connectivity index (χ1v) is 13.1. The molecule has 2 aliphatic heterocycles. The van der Waals surface area contributed by atoms with Gasteiger partial charge in [0.15, 0.2) is 0 Å². The summed E-state index contributed by atoms with van der Waals surface area (Å²) in [7, 11) is 0. The summed E-state index contributed by atoms with van der Waals surface area (Å²) < 4.78 is 5.52. The highest BCUT2D eigenvalue weighted by Crippen LogP contribution is 2.49. The number of amides is 3. The lowest BCUT2D eigenvalue weighted by atomic mass is 9.86. The zero-order valence-electron chi connectivity index (χ0n) is 18.7. The van der Waals surface area contributed by atoms with Crippen LogP contribution < -0.4 is 9.64 Å². The second-order valence-electron chi connectivity index (χ2n) is 8.18. The number of carbonyl (C=O) groups excluding carboxylic acids is 3. The second-order valence-corrected chi connectivity index (χ2v) is 10.5. The van der Waals surface area contributed by atoms with E-state index in [9.17, 15) is 14.4 Å². The minimum absolute atomic E-state index is 0.157. The van der Waals surface area contributed by atoms with Gasteiger partial charge in [-0.1, -0.05) is 81.7 Å². The van der Waals surface area contributed by atoms with Crippen LogP contribution in [0, 0.1) is 0 Å². The molecule has 0 unspecified atom stereocenters. The number of benzene rings is 3. The van der Waals surface area contributed by atoms with Crippen molar-refractivity contribution < 1.29 is 19.1 Å². The van der Waals surface area contributed by atoms with Crippen LogP contribution in [0.4, 0.5) is 5.69 Å². The molecular formula is C25H14Cl6N2O4. The number of imide groups is 1. The fourth-order valence-corrected chi connectivity index (χ4v) is 5.83. The molecule has 3 aromatic rings. The topological polar surface area (TPSA) is 66.9 Å². The van der Waals surface area contributed by atoms with Crippen molar-refractivity contribution >= 4 is 93.0 Å². The van der Waals surface area contributed by atoms with Gasteiger partial charge < -0.3 is 9.64 Å². The number of hydrogen-bond donors (Lipinski definition) is 0. The van der Waals surface area contributed by atoms with Gasteiger partial charge in [-0.3, -0.25) is 19.3 Å². The van der Waals surface area contributed by atoms with E-state index in [0.717, 1.165) is 4.90 Å². The molecule has 6 nitrogen and oxygen atoms in total. The van der Waals surface area contributed by atoms with Gasteiger partial charge in [-0.25, -0.2) is 0 Å². The molecule has 3 aromatic carbocycles. The summed E-state index contributed by atoms with van der Waals surface area (Å²) in [6, 6.07) is 9.74. The Labute approximate surface area is 241 Å². The summed E-state index contributed by atoms with van der Waals surface area (Å²) in [6.45, 7) is 2.33. The molecule has 3 amide bonds. The lowest BCUT2D eigenvalue weighted by Crippen LogP contribution is -2.67. The maximum absolute atomic E-state index is 13.6. The summed E-state index contributed by atoms with van der Waals surface area (Å²) in [5.74, 6) is -1.49. The number of halogens is 6. The molecule has 0 saturated carbocycles. The third-order valence-corrected chi connectivity index (χ3v) is 8.73. The van der Waals surface area contributed by atoms with Crippen LogP contribution in [0.1, 0.15) is 39.2 Å². The highest BCUT2D eigenvalue weighted by molar-refractivity contribution is 6.55. The van der Waals surface area contributed by atoms with Crippen LogP contribution in [0.15, 0.2) is 42.5 Å². The van der Waals surface area contributed by atoms with Gasteiger partial charge >= 0.3 is 0 Å². The number of carbonyl (C=O) groups is 3. The maximum Gasteiger partial charge on any atom is 0.264 e. The van der Waals surface area contributed by atoms with Crippen LogP contribution >= 0.6 is 69.6 Å². The molecule has 12 heteroatoms. The fraction of sp³-hybridized carbons (Fsp3) is 0.160. The lowest BCUT2D eigenvalue weighted by molar-refractivity contribution is -0.130. The van der Waals surface area contributed by atoms with Gasteiger partial charge in [-0.15, -0.1) is 0 Å².